The number of rotatable bonds is 5. The fourth-order valence-corrected chi connectivity index (χ4v) is 2.95. The van der Waals surface area contributed by atoms with E-state index in [1.54, 1.807) is 18.2 Å². The van der Waals surface area contributed by atoms with Crippen LogP contribution in [0.2, 0.25) is 0 Å². The summed E-state index contributed by atoms with van der Waals surface area (Å²) in [5.74, 6) is -2.43. The van der Waals surface area contributed by atoms with Crippen molar-refractivity contribution in [3.63, 3.8) is 0 Å². The molecule has 3 N–H and O–H groups in total. The van der Waals surface area contributed by atoms with Crippen LogP contribution < -0.4 is 5.32 Å². The first-order valence-corrected chi connectivity index (χ1v) is 8.79. The smallest absolute Gasteiger partial charge is 0.336 e. The molecule has 0 unspecified atom stereocenters. The second-order valence-electron chi connectivity index (χ2n) is 4.67. The molecular formula is C14H12BrNO6S. The summed E-state index contributed by atoms with van der Waals surface area (Å²) < 4.78 is 30.6. The Morgan fingerprint density at radius 1 is 1.13 bits per heavy atom. The normalized spacial score (nSPS) is 11.4. The second kappa shape index (κ2) is 6.65. The van der Waals surface area contributed by atoms with Crippen LogP contribution in [0, 0.1) is 0 Å². The van der Waals surface area contributed by atoms with Crippen molar-refractivity contribution in [1.29, 1.82) is 0 Å². The number of amides is 1. The molecule has 0 heterocycles. The number of carboxylic acid groups (broad SMARTS) is 1. The first-order chi connectivity index (χ1) is 10.7. The van der Waals surface area contributed by atoms with Gasteiger partial charge in [0.25, 0.3) is 16.0 Å². The average Bonchev–Trinajstić information content (AvgIpc) is 2.45. The van der Waals surface area contributed by atoms with Crippen LogP contribution in [0.15, 0.2) is 34.8 Å². The van der Waals surface area contributed by atoms with E-state index in [0.29, 0.717) is 9.86 Å². The number of carboxylic acids is 1. The predicted octanol–water partition coefficient (Wildman–Crippen LogP) is 1.92. The summed E-state index contributed by atoms with van der Waals surface area (Å²) in [5, 5.41) is 12.4. The standard InChI is InChI=1S/C14H12BrNO6S/c15-11-5-4-9(13(17)16-6-7-23(20,21)22)12-8(11)2-1-3-10(12)14(18)19/h1-5H,6-7H2,(H,16,17)(H,18,19)(H,20,21,22). The first kappa shape index (κ1) is 17.4. The maximum atomic E-state index is 12.2. The van der Waals surface area contributed by atoms with Gasteiger partial charge in [0.15, 0.2) is 0 Å². The maximum Gasteiger partial charge on any atom is 0.336 e. The third kappa shape index (κ3) is 4.06. The molecule has 0 aliphatic carbocycles. The first-order valence-electron chi connectivity index (χ1n) is 6.38. The maximum absolute atomic E-state index is 12.2. The predicted molar refractivity (Wildman–Crippen MR) is 87.4 cm³/mol. The van der Waals surface area contributed by atoms with Gasteiger partial charge in [-0.1, -0.05) is 28.1 Å². The van der Waals surface area contributed by atoms with Crippen molar-refractivity contribution < 1.29 is 27.7 Å². The van der Waals surface area contributed by atoms with E-state index in [2.05, 4.69) is 21.2 Å². The summed E-state index contributed by atoms with van der Waals surface area (Å²) >= 11 is 3.31. The summed E-state index contributed by atoms with van der Waals surface area (Å²) in [4.78, 5) is 23.6. The van der Waals surface area contributed by atoms with E-state index in [9.17, 15) is 23.1 Å². The Labute approximate surface area is 140 Å². The summed E-state index contributed by atoms with van der Waals surface area (Å²) in [6.07, 6.45) is 0. The van der Waals surface area contributed by atoms with Crippen molar-refractivity contribution in [1.82, 2.24) is 5.32 Å². The largest absolute Gasteiger partial charge is 0.478 e. The highest BCUT2D eigenvalue weighted by molar-refractivity contribution is 9.10. The van der Waals surface area contributed by atoms with Crippen molar-refractivity contribution in [3.05, 3.63) is 45.9 Å². The van der Waals surface area contributed by atoms with E-state index in [1.165, 1.54) is 12.1 Å². The number of carbonyl (C=O) groups is 2. The van der Waals surface area contributed by atoms with Crippen LogP contribution in [0.3, 0.4) is 0 Å². The molecule has 2 aromatic carbocycles. The van der Waals surface area contributed by atoms with Gasteiger partial charge in [-0.15, -0.1) is 0 Å². The van der Waals surface area contributed by atoms with Gasteiger partial charge in [0.2, 0.25) is 0 Å². The molecule has 0 bridgehead atoms. The number of hydrogen-bond acceptors (Lipinski definition) is 4. The molecule has 0 aromatic heterocycles. The highest BCUT2D eigenvalue weighted by Crippen LogP contribution is 2.29. The van der Waals surface area contributed by atoms with Crippen molar-refractivity contribution in [3.8, 4) is 0 Å². The molecule has 0 aliphatic heterocycles. The number of benzene rings is 2. The Bertz CT molecular complexity index is 894. The molecule has 0 spiro atoms. The number of halogens is 1. The molecule has 0 radical (unpaired) electrons. The number of aromatic carboxylic acids is 1. The molecule has 23 heavy (non-hydrogen) atoms. The molecule has 9 heteroatoms. The monoisotopic (exact) mass is 401 g/mol. The topological polar surface area (TPSA) is 121 Å². The molecule has 2 aromatic rings. The van der Waals surface area contributed by atoms with E-state index in [4.69, 9.17) is 4.55 Å². The van der Waals surface area contributed by atoms with Crippen molar-refractivity contribution >= 4 is 48.7 Å². The molecule has 0 fully saturated rings. The van der Waals surface area contributed by atoms with E-state index < -0.39 is 27.7 Å². The lowest BCUT2D eigenvalue weighted by Crippen LogP contribution is -2.29. The van der Waals surface area contributed by atoms with E-state index in [-0.39, 0.29) is 23.1 Å². The lowest BCUT2D eigenvalue weighted by atomic mass is 9.98. The van der Waals surface area contributed by atoms with Crippen molar-refractivity contribution in [2.75, 3.05) is 12.3 Å². The van der Waals surface area contributed by atoms with Gasteiger partial charge in [-0.05, 0) is 23.6 Å². The van der Waals surface area contributed by atoms with Crippen molar-refractivity contribution in [2.24, 2.45) is 0 Å². The zero-order chi connectivity index (χ0) is 17.2. The van der Waals surface area contributed by atoms with Gasteiger partial charge < -0.3 is 10.4 Å². The van der Waals surface area contributed by atoms with Gasteiger partial charge >= 0.3 is 5.97 Å². The zero-order valence-corrected chi connectivity index (χ0v) is 14.0. The van der Waals surface area contributed by atoms with Crippen LogP contribution in [0.1, 0.15) is 20.7 Å². The van der Waals surface area contributed by atoms with Gasteiger partial charge in [0.1, 0.15) is 0 Å². The van der Waals surface area contributed by atoms with Gasteiger partial charge in [-0.25, -0.2) is 4.79 Å². The van der Waals surface area contributed by atoms with E-state index in [0.717, 1.165) is 0 Å². The van der Waals surface area contributed by atoms with Gasteiger partial charge in [0, 0.05) is 22.0 Å². The number of hydrogen-bond donors (Lipinski definition) is 3. The van der Waals surface area contributed by atoms with Crippen LogP contribution in [0.4, 0.5) is 0 Å². The fourth-order valence-electron chi connectivity index (χ4n) is 2.13. The number of carbonyl (C=O) groups excluding carboxylic acids is 1. The minimum atomic E-state index is -4.19. The Morgan fingerprint density at radius 3 is 2.43 bits per heavy atom. The van der Waals surface area contributed by atoms with Crippen LogP contribution in [-0.4, -0.2) is 42.3 Å². The molecule has 122 valence electrons. The fraction of sp³-hybridized carbons (Fsp3) is 0.143. The molecular weight excluding hydrogens is 390 g/mol. The second-order valence-corrected chi connectivity index (χ2v) is 7.10. The minimum absolute atomic E-state index is 0.0382. The van der Waals surface area contributed by atoms with Gasteiger partial charge in [-0.2, -0.15) is 8.42 Å². The van der Waals surface area contributed by atoms with Crippen LogP contribution >= 0.6 is 15.9 Å². The quantitative estimate of drug-likeness (QED) is 0.658. The summed E-state index contributed by atoms with van der Waals surface area (Å²) in [6, 6.07) is 7.66. The Morgan fingerprint density at radius 2 is 1.83 bits per heavy atom. The summed E-state index contributed by atoms with van der Waals surface area (Å²) in [7, 11) is -4.19. The molecule has 0 saturated carbocycles. The number of nitrogens with one attached hydrogen (secondary N) is 1. The van der Waals surface area contributed by atoms with Crippen molar-refractivity contribution in [2.45, 2.75) is 0 Å². The van der Waals surface area contributed by atoms with Gasteiger partial charge in [0.05, 0.1) is 11.3 Å². The third-order valence-corrected chi connectivity index (χ3v) is 4.52. The minimum Gasteiger partial charge on any atom is -0.478 e. The Hall–Kier alpha value is -1.97. The molecule has 2 rings (SSSR count). The van der Waals surface area contributed by atoms with E-state index in [1.807, 2.05) is 0 Å². The average molecular weight is 402 g/mol. The molecule has 0 saturated heterocycles. The third-order valence-electron chi connectivity index (χ3n) is 3.11. The highest BCUT2D eigenvalue weighted by Gasteiger charge is 2.18. The van der Waals surface area contributed by atoms with Crippen LogP contribution in [-0.2, 0) is 10.1 Å². The zero-order valence-electron chi connectivity index (χ0n) is 11.6. The highest BCUT2D eigenvalue weighted by atomic mass is 79.9. The summed E-state index contributed by atoms with van der Waals surface area (Å²) in [5.41, 5.74) is 0.0697. The molecule has 0 aliphatic rings. The SMILES string of the molecule is O=C(O)c1cccc2c(Br)ccc(C(=O)NCCS(=O)(=O)O)c12. The lowest BCUT2D eigenvalue weighted by molar-refractivity contribution is 0.0699. The van der Waals surface area contributed by atoms with E-state index >= 15 is 0 Å². The number of fused-ring (bicyclic) bond motifs is 1. The lowest BCUT2D eigenvalue weighted by Gasteiger charge is -2.11. The summed E-state index contributed by atoms with van der Waals surface area (Å²) in [6.45, 7) is -0.287. The molecule has 7 nitrogen and oxygen atoms in total. The Kier molecular flexibility index (Phi) is 5.03. The molecule has 0 atom stereocenters. The van der Waals surface area contributed by atoms with Gasteiger partial charge in [-0.3, -0.25) is 9.35 Å². The molecule has 1 amide bonds. The van der Waals surface area contributed by atoms with Crippen LogP contribution in [0.5, 0.6) is 0 Å². The van der Waals surface area contributed by atoms with Crippen LogP contribution in [0.25, 0.3) is 10.8 Å². The Balaban J connectivity index is 2.46.